The van der Waals surface area contributed by atoms with Crippen LogP contribution in [-0.4, -0.2) is 41.7 Å². The first-order valence-electron chi connectivity index (χ1n) is 10.6. The van der Waals surface area contributed by atoms with Gasteiger partial charge in [0.05, 0.1) is 13.2 Å². The molecule has 2 aromatic carbocycles. The molecule has 164 valence electrons. The highest BCUT2D eigenvalue weighted by Crippen LogP contribution is 2.40. The van der Waals surface area contributed by atoms with E-state index in [2.05, 4.69) is 56.7 Å². The molecule has 0 atom stereocenters. The minimum atomic E-state index is -0.244. The molecular weight excluding hydrogens is 476 g/mol. The van der Waals surface area contributed by atoms with Gasteiger partial charge in [-0.15, -0.1) is 0 Å². The zero-order valence-corrected chi connectivity index (χ0v) is 20.5. The second-order valence-corrected chi connectivity index (χ2v) is 9.76. The normalized spacial score (nSPS) is 14.9. The lowest BCUT2D eigenvalue weighted by Gasteiger charge is -2.30. The molecule has 5 nitrogen and oxygen atoms in total. The van der Waals surface area contributed by atoms with Gasteiger partial charge in [-0.25, -0.2) is 4.79 Å². The number of likely N-dealkylation sites (tertiary alicyclic amines) is 1. The van der Waals surface area contributed by atoms with E-state index in [1.54, 1.807) is 16.4 Å². The van der Waals surface area contributed by atoms with Crippen LogP contribution in [0.25, 0.3) is 10.8 Å². The maximum absolute atomic E-state index is 11.9. The average Bonchev–Trinajstić information content (AvgIpc) is 3.16. The molecule has 1 amide bonds. The van der Waals surface area contributed by atoms with Gasteiger partial charge in [-0.3, -0.25) is 0 Å². The van der Waals surface area contributed by atoms with Gasteiger partial charge in [0.25, 0.3) is 0 Å². The van der Waals surface area contributed by atoms with Crippen LogP contribution in [0.15, 0.2) is 40.9 Å². The number of rotatable bonds is 5. The van der Waals surface area contributed by atoms with Crippen molar-refractivity contribution in [3.63, 3.8) is 0 Å². The number of carbonyl (C=O) groups excluding carboxylic acids is 1. The average molecular weight is 503 g/mol. The van der Waals surface area contributed by atoms with Crippen LogP contribution in [0.2, 0.25) is 0 Å². The Balaban J connectivity index is 1.64. The summed E-state index contributed by atoms with van der Waals surface area (Å²) in [4.78, 5) is 14.9. The minimum Gasteiger partial charge on any atom is -0.474 e. The lowest BCUT2D eigenvalue weighted by atomic mass is 9.91. The van der Waals surface area contributed by atoms with E-state index >= 15 is 0 Å². The number of hydrogen-bond donors (Lipinski definition) is 0. The van der Waals surface area contributed by atoms with E-state index in [1.165, 1.54) is 33.9 Å². The number of fused-ring (bicyclic) bond motifs is 1. The van der Waals surface area contributed by atoms with Crippen molar-refractivity contribution in [1.29, 1.82) is 0 Å². The van der Waals surface area contributed by atoms with Crippen LogP contribution < -0.4 is 4.74 Å². The zero-order valence-electron chi connectivity index (χ0n) is 18.1. The summed E-state index contributed by atoms with van der Waals surface area (Å²) < 4.78 is 16.8. The van der Waals surface area contributed by atoms with E-state index < -0.39 is 0 Å². The van der Waals surface area contributed by atoms with Gasteiger partial charge in [0, 0.05) is 34.4 Å². The summed E-state index contributed by atoms with van der Waals surface area (Å²) in [5, 5.41) is 2.43. The van der Waals surface area contributed by atoms with Gasteiger partial charge < -0.3 is 14.4 Å². The first-order chi connectivity index (χ1) is 15.0. The Labute approximate surface area is 195 Å². The van der Waals surface area contributed by atoms with E-state index in [-0.39, 0.29) is 12.2 Å². The van der Waals surface area contributed by atoms with Gasteiger partial charge in [-0.1, -0.05) is 36.4 Å². The Hall–Kier alpha value is -2.12. The van der Waals surface area contributed by atoms with Crippen LogP contribution in [0.4, 0.5) is 4.79 Å². The third-order valence-corrected chi connectivity index (χ3v) is 7.71. The van der Waals surface area contributed by atoms with Gasteiger partial charge >= 0.3 is 6.09 Å². The van der Waals surface area contributed by atoms with Gasteiger partial charge in [0.1, 0.15) is 0 Å². The molecule has 0 radical (unpaired) electrons. The number of hydrogen-bond acceptors (Lipinski definition) is 5. The Morgan fingerprint density at radius 3 is 2.68 bits per heavy atom. The van der Waals surface area contributed by atoms with E-state index in [0.29, 0.717) is 19.0 Å². The molecule has 0 spiro atoms. The standard InChI is InChI=1S/C24H27BrN2O3S/c1-15(2)30-23-20(14-18-9-8-16-6-4-5-7-19(16)21(18)25)22(31-26-23)17-10-12-27(13-11-17)24(28)29-3/h4-9,15,17H,10-14H2,1-3H3. The Kier molecular flexibility index (Phi) is 6.82. The molecule has 3 aromatic rings. The molecule has 0 unspecified atom stereocenters. The highest BCUT2D eigenvalue weighted by molar-refractivity contribution is 9.10. The van der Waals surface area contributed by atoms with Crippen LogP contribution in [0, 0.1) is 0 Å². The smallest absolute Gasteiger partial charge is 0.409 e. The largest absolute Gasteiger partial charge is 0.474 e. The summed E-state index contributed by atoms with van der Waals surface area (Å²) in [6, 6.07) is 12.8. The third kappa shape index (κ3) is 4.72. The molecule has 0 N–H and O–H groups in total. The van der Waals surface area contributed by atoms with Crippen molar-refractivity contribution < 1.29 is 14.3 Å². The highest BCUT2D eigenvalue weighted by Gasteiger charge is 2.29. The predicted octanol–water partition coefficient (Wildman–Crippen LogP) is 6.38. The monoisotopic (exact) mass is 502 g/mol. The Morgan fingerprint density at radius 2 is 1.97 bits per heavy atom. The minimum absolute atomic E-state index is 0.0647. The van der Waals surface area contributed by atoms with Crippen LogP contribution in [0.1, 0.15) is 48.6 Å². The molecule has 4 rings (SSSR count). The molecule has 0 saturated carbocycles. The molecule has 7 heteroatoms. The number of benzene rings is 2. The lowest BCUT2D eigenvalue weighted by Crippen LogP contribution is -2.37. The third-order valence-electron chi connectivity index (χ3n) is 5.74. The number of amides is 1. The van der Waals surface area contributed by atoms with Crippen molar-refractivity contribution in [2.75, 3.05) is 20.2 Å². The maximum Gasteiger partial charge on any atom is 0.409 e. The van der Waals surface area contributed by atoms with Gasteiger partial charge in [0.15, 0.2) is 0 Å². The molecule has 1 aliphatic rings. The van der Waals surface area contributed by atoms with Crippen molar-refractivity contribution in [2.24, 2.45) is 0 Å². The number of nitrogens with zero attached hydrogens (tertiary/aromatic N) is 2. The molecule has 1 aliphatic heterocycles. The maximum atomic E-state index is 11.9. The predicted molar refractivity (Wildman–Crippen MR) is 128 cm³/mol. The Morgan fingerprint density at radius 1 is 1.23 bits per heavy atom. The van der Waals surface area contributed by atoms with Crippen LogP contribution in [0.5, 0.6) is 5.88 Å². The van der Waals surface area contributed by atoms with E-state index in [1.807, 2.05) is 13.8 Å². The van der Waals surface area contributed by atoms with Crippen molar-refractivity contribution in [3.8, 4) is 5.88 Å². The van der Waals surface area contributed by atoms with Crippen molar-refractivity contribution in [2.45, 2.75) is 45.1 Å². The summed E-state index contributed by atoms with van der Waals surface area (Å²) in [6.45, 7) is 5.47. The number of aromatic nitrogens is 1. The quantitative estimate of drug-likeness (QED) is 0.405. The van der Waals surface area contributed by atoms with Crippen molar-refractivity contribution in [3.05, 3.63) is 56.9 Å². The Bertz CT molecular complexity index is 1070. The number of piperidine rings is 1. The second-order valence-electron chi connectivity index (χ2n) is 8.17. The highest BCUT2D eigenvalue weighted by atomic mass is 79.9. The summed E-state index contributed by atoms with van der Waals surface area (Å²) in [7, 11) is 1.44. The fourth-order valence-electron chi connectivity index (χ4n) is 4.16. The van der Waals surface area contributed by atoms with Crippen molar-refractivity contribution in [1.82, 2.24) is 9.27 Å². The number of methoxy groups -OCH3 is 1. The zero-order chi connectivity index (χ0) is 22.0. The number of ether oxygens (including phenoxy) is 2. The SMILES string of the molecule is COC(=O)N1CCC(c2snc(OC(C)C)c2Cc2ccc3ccccc3c2Br)CC1. The van der Waals surface area contributed by atoms with Gasteiger partial charge in [-0.05, 0) is 76.4 Å². The van der Waals surface area contributed by atoms with Crippen LogP contribution in [-0.2, 0) is 11.2 Å². The lowest BCUT2D eigenvalue weighted by molar-refractivity contribution is 0.112. The van der Waals surface area contributed by atoms with E-state index in [0.717, 1.165) is 29.6 Å². The number of carbonyl (C=O) groups is 1. The molecule has 1 saturated heterocycles. The van der Waals surface area contributed by atoms with Gasteiger partial charge in [-0.2, -0.15) is 4.37 Å². The van der Waals surface area contributed by atoms with Crippen LogP contribution >= 0.6 is 27.5 Å². The van der Waals surface area contributed by atoms with Crippen molar-refractivity contribution >= 4 is 44.3 Å². The molecule has 31 heavy (non-hydrogen) atoms. The molecule has 0 aliphatic carbocycles. The van der Waals surface area contributed by atoms with E-state index in [9.17, 15) is 4.79 Å². The van der Waals surface area contributed by atoms with E-state index in [4.69, 9.17) is 9.47 Å². The second kappa shape index (κ2) is 9.57. The summed E-state index contributed by atoms with van der Waals surface area (Å²) in [5.41, 5.74) is 2.40. The molecule has 0 bridgehead atoms. The molecule has 1 aromatic heterocycles. The molecule has 1 fully saturated rings. The first kappa shape index (κ1) is 22.1. The fourth-order valence-corrected chi connectivity index (χ4v) is 5.79. The summed E-state index contributed by atoms with van der Waals surface area (Å²) >= 11 is 5.38. The fraction of sp³-hybridized carbons (Fsp3) is 0.417. The topological polar surface area (TPSA) is 51.7 Å². The summed E-state index contributed by atoms with van der Waals surface area (Å²) in [6.07, 6.45) is 2.40. The van der Waals surface area contributed by atoms with Gasteiger partial charge in [0.2, 0.25) is 5.88 Å². The first-order valence-corrected chi connectivity index (χ1v) is 12.2. The van der Waals surface area contributed by atoms with Crippen LogP contribution in [0.3, 0.4) is 0 Å². The number of halogens is 1. The molecular formula is C24H27BrN2O3S. The summed E-state index contributed by atoms with van der Waals surface area (Å²) in [5.74, 6) is 1.11. The molecule has 2 heterocycles.